The maximum absolute atomic E-state index is 5.87. The zero-order chi connectivity index (χ0) is 12.0. The second-order valence-corrected chi connectivity index (χ2v) is 3.87. The Labute approximate surface area is 100 Å². The van der Waals surface area contributed by atoms with Crippen molar-refractivity contribution in [3.63, 3.8) is 0 Å². The van der Waals surface area contributed by atoms with Gasteiger partial charge in [0.05, 0.1) is 13.3 Å². The summed E-state index contributed by atoms with van der Waals surface area (Å²) in [5, 5.41) is 3.60. The fraction of sp³-hybridized carbons (Fsp3) is 0.600. The van der Waals surface area contributed by atoms with Crippen LogP contribution in [0.15, 0.2) is 6.20 Å². The van der Waals surface area contributed by atoms with Crippen molar-refractivity contribution in [3.8, 4) is 11.9 Å². The highest BCUT2D eigenvalue weighted by Gasteiger charge is 2.06. The summed E-state index contributed by atoms with van der Waals surface area (Å²) in [6, 6.07) is 0.676. The summed E-state index contributed by atoms with van der Waals surface area (Å²) in [6.07, 6.45) is 1.46. The second kappa shape index (κ2) is 6.50. The molecule has 0 saturated carbocycles. The van der Waals surface area contributed by atoms with Crippen molar-refractivity contribution in [1.29, 1.82) is 0 Å². The summed E-state index contributed by atoms with van der Waals surface area (Å²) >= 11 is 5.87. The molecule has 0 aromatic carbocycles. The lowest BCUT2D eigenvalue weighted by Crippen LogP contribution is -2.27. The van der Waals surface area contributed by atoms with Gasteiger partial charge in [-0.2, -0.15) is 4.98 Å². The zero-order valence-electron chi connectivity index (χ0n) is 9.66. The van der Waals surface area contributed by atoms with E-state index in [2.05, 4.69) is 29.1 Å². The fourth-order valence-electron chi connectivity index (χ4n) is 1.03. The Morgan fingerprint density at radius 3 is 2.88 bits per heavy atom. The van der Waals surface area contributed by atoms with Crippen molar-refractivity contribution in [2.24, 2.45) is 0 Å². The molecule has 0 aliphatic heterocycles. The Bertz CT molecular complexity index is 334. The van der Waals surface area contributed by atoms with Crippen LogP contribution in [0.1, 0.15) is 13.8 Å². The van der Waals surface area contributed by atoms with Gasteiger partial charge < -0.3 is 14.8 Å². The molecule has 1 N–H and O–H groups in total. The number of hydrogen-bond donors (Lipinski definition) is 1. The first-order valence-electron chi connectivity index (χ1n) is 5.06. The number of ether oxygens (including phenoxy) is 2. The summed E-state index contributed by atoms with van der Waals surface area (Å²) < 4.78 is 10.3. The van der Waals surface area contributed by atoms with E-state index in [1.54, 1.807) is 0 Å². The van der Waals surface area contributed by atoms with E-state index in [0.29, 0.717) is 23.6 Å². The Hall–Kier alpha value is -1.07. The summed E-state index contributed by atoms with van der Waals surface area (Å²) in [5.41, 5.74) is 0. The summed E-state index contributed by atoms with van der Waals surface area (Å²) in [5.74, 6) is 0.346. The van der Waals surface area contributed by atoms with Crippen molar-refractivity contribution in [3.05, 3.63) is 11.2 Å². The number of nitrogens with zero attached hydrogens (tertiary/aromatic N) is 2. The third-order valence-corrected chi connectivity index (χ3v) is 2.03. The number of nitrogens with one attached hydrogen (secondary N) is 1. The normalized spacial score (nSPS) is 10.6. The molecular weight excluding hydrogens is 230 g/mol. The molecule has 0 atom stereocenters. The molecule has 6 heteroatoms. The van der Waals surface area contributed by atoms with Gasteiger partial charge in [0.15, 0.2) is 0 Å². The minimum Gasteiger partial charge on any atom is -0.475 e. The second-order valence-electron chi connectivity index (χ2n) is 3.47. The monoisotopic (exact) mass is 245 g/mol. The molecule has 0 radical (unpaired) electrons. The molecule has 0 spiro atoms. The van der Waals surface area contributed by atoms with Gasteiger partial charge in [-0.3, -0.25) is 0 Å². The van der Waals surface area contributed by atoms with E-state index in [0.717, 1.165) is 6.54 Å². The van der Waals surface area contributed by atoms with E-state index in [9.17, 15) is 0 Å². The lowest BCUT2D eigenvalue weighted by Gasteiger charge is -2.10. The Morgan fingerprint density at radius 1 is 1.50 bits per heavy atom. The number of rotatable bonds is 6. The predicted octanol–water partition coefficient (Wildman–Crippen LogP) is 1.52. The summed E-state index contributed by atoms with van der Waals surface area (Å²) in [6.45, 7) is 5.37. The van der Waals surface area contributed by atoms with Gasteiger partial charge in [0, 0.05) is 12.6 Å². The molecule has 0 saturated heterocycles. The molecule has 1 aromatic rings. The summed E-state index contributed by atoms with van der Waals surface area (Å²) in [7, 11) is 1.49. The SMILES string of the molecule is COc1ncc(Cl)c(OCCNC(C)C)n1. The topological polar surface area (TPSA) is 56.3 Å². The van der Waals surface area contributed by atoms with Crippen LogP contribution in [0.5, 0.6) is 11.9 Å². The van der Waals surface area contributed by atoms with Crippen molar-refractivity contribution in [2.75, 3.05) is 20.3 Å². The molecule has 0 aliphatic rings. The molecule has 16 heavy (non-hydrogen) atoms. The van der Waals surface area contributed by atoms with Crippen LogP contribution in [0.25, 0.3) is 0 Å². The van der Waals surface area contributed by atoms with Crippen LogP contribution in [0.4, 0.5) is 0 Å². The lowest BCUT2D eigenvalue weighted by atomic mass is 10.4. The molecular formula is C10H16ClN3O2. The van der Waals surface area contributed by atoms with Gasteiger partial charge in [-0.15, -0.1) is 0 Å². The quantitative estimate of drug-likeness (QED) is 0.770. The minimum absolute atomic E-state index is 0.246. The van der Waals surface area contributed by atoms with Crippen molar-refractivity contribution < 1.29 is 9.47 Å². The zero-order valence-corrected chi connectivity index (χ0v) is 10.4. The van der Waals surface area contributed by atoms with E-state index < -0.39 is 0 Å². The van der Waals surface area contributed by atoms with Crippen molar-refractivity contribution >= 4 is 11.6 Å². The van der Waals surface area contributed by atoms with Gasteiger partial charge in [0.25, 0.3) is 0 Å². The predicted molar refractivity (Wildman–Crippen MR) is 62.2 cm³/mol. The van der Waals surface area contributed by atoms with Gasteiger partial charge in [-0.25, -0.2) is 4.98 Å². The first-order chi connectivity index (χ1) is 7.63. The van der Waals surface area contributed by atoms with Gasteiger partial charge in [-0.1, -0.05) is 25.4 Å². The molecule has 0 bridgehead atoms. The molecule has 1 heterocycles. The third-order valence-electron chi connectivity index (χ3n) is 1.77. The van der Waals surface area contributed by atoms with E-state index in [1.165, 1.54) is 13.3 Å². The standard InChI is InChI=1S/C10H16ClN3O2/c1-7(2)12-4-5-16-9-8(11)6-13-10(14-9)15-3/h6-7,12H,4-5H2,1-3H3. The highest BCUT2D eigenvalue weighted by molar-refractivity contribution is 6.31. The van der Waals surface area contributed by atoms with Crippen molar-refractivity contribution in [2.45, 2.75) is 19.9 Å². The number of halogens is 1. The van der Waals surface area contributed by atoms with Crippen LogP contribution in [-0.4, -0.2) is 36.3 Å². The van der Waals surface area contributed by atoms with E-state index in [1.807, 2.05) is 0 Å². The molecule has 0 unspecified atom stereocenters. The van der Waals surface area contributed by atoms with Gasteiger partial charge in [0.1, 0.15) is 11.6 Å². The number of methoxy groups -OCH3 is 1. The average molecular weight is 246 g/mol. The van der Waals surface area contributed by atoms with Crippen LogP contribution < -0.4 is 14.8 Å². The first kappa shape index (κ1) is 13.0. The average Bonchev–Trinajstić information content (AvgIpc) is 2.26. The largest absolute Gasteiger partial charge is 0.475 e. The third kappa shape index (κ3) is 4.20. The van der Waals surface area contributed by atoms with E-state index in [4.69, 9.17) is 21.1 Å². The molecule has 5 nitrogen and oxygen atoms in total. The molecule has 0 aliphatic carbocycles. The highest BCUT2D eigenvalue weighted by Crippen LogP contribution is 2.22. The Balaban J connectivity index is 2.46. The van der Waals surface area contributed by atoms with Crippen LogP contribution >= 0.6 is 11.6 Å². The number of aromatic nitrogens is 2. The lowest BCUT2D eigenvalue weighted by molar-refractivity contribution is 0.288. The maximum atomic E-state index is 5.87. The first-order valence-corrected chi connectivity index (χ1v) is 5.44. The maximum Gasteiger partial charge on any atom is 0.319 e. The van der Waals surface area contributed by atoms with Crippen molar-refractivity contribution in [1.82, 2.24) is 15.3 Å². The van der Waals surface area contributed by atoms with Crippen LogP contribution in [0.3, 0.4) is 0 Å². The van der Waals surface area contributed by atoms with Gasteiger partial charge >= 0.3 is 6.01 Å². The highest BCUT2D eigenvalue weighted by atomic mass is 35.5. The van der Waals surface area contributed by atoms with E-state index >= 15 is 0 Å². The summed E-state index contributed by atoms with van der Waals surface area (Å²) in [4.78, 5) is 7.85. The molecule has 90 valence electrons. The molecule has 0 fully saturated rings. The minimum atomic E-state index is 0.246. The molecule has 1 rings (SSSR count). The van der Waals surface area contributed by atoms with Crippen LogP contribution in [0.2, 0.25) is 5.02 Å². The fourth-order valence-corrected chi connectivity index (χ4v) is 1.18. The van der Waals surface area contributed by atoms with Gasteiger partial charge in [0.2, 0.25) is 5.88 Å². The molecule has 0 amide bonds. The number of hydrogen-bond acceptors (Lipinski definition) is 5. The van der Waals surface area contributed by atoms with E-state index in [-0.39, 0.29) is 6.01 Å². The van der Waals surface area contributed by atoms with Crippen LogP contribution in [-0.2, 0) is 0 Å². The molecule has 1 aromatic heterocycles. The van der Waals surface area contributed by atoms with Gasteiger partial charge in [-0.05, 0) is 0 Å². The Morgan fingerprint density at radius 2 is 2.25 bits per heavy atom. The van der Waals surface area contributed by atoms with Crippen LogP contribution in [0, 0.1) is 0 Å². The smallest absolute Gasteiger partial charge is 0.319 e. The Kier molecular flexibility index (Phi) is 5.28.